The van der Waals surface area contributed by atoms with Gasteiger partial charge in [0.25, 0.3) is 0 Å². The van der Waals surface area contributed by atoms with Crippen molar-refractivity contribution in [2.45, 2.75) is 38.8 Å². The molecule has 0 unspecified atom stereocenters. The van der Waals surface area contributed by atoms with Crippen LogP contribution in [0.3, 0.4) is 0 Å². The molecule has 33 heavy (non-hydrogen) atoms. The lowest BCUT2D eigenvalue weighted by Crippen LogP contribution is -2.46. The van der Waals surface area contributed by atoms with Crippen LogP contribution in [0.15, 0.2) is 47.3 Å². The molecule has 2 aliphatic heterocycles. The van der Waals surface area contributed by atoms with E-state index >= 15 is 0 Å². The Kier molecular flexibility index (Phi) is 8.37. The minimum Gasteiger partial charge on any atom is -0.503 e. The number of rotatable bonds is 7. The van der Waals surface area contributed by atoms with E-state index in [-0.39, 0.29) is 11.2 Å². The van der Waals surface area contributed by atoms with Gasteiger partial charge >= 0.3 is 0 Å². The smallest absolute Gasteiger partial charge is 0.223 e. The van der Waals surface area contributed by atoms with Crippen LogP contribution in [0.4, 0.5) is 0 Å². The zero-order valence-corrected chi connectivity index (χ0v) is 20.0. The van der Waals surface area contributed by atoms with Crippen molar-refractivity contribution in [2.75, 3.05) is 45.8 Å². The van der Waals surface area contributed by atoms with Crippen molar-refractivity contribution in [1.82, 2.24) is 19.3 Å². The highest BCUT2D eigenvalue weighted by Crippen LogP contribution is 2.19. The SMILES string of the molecule is Cn1c(CN2CCCCCC2)cc(=O)c(O)c1CN1CCN(CC=Cc2ccccc2)CC1. The third-order valence-electron chi connectivity index (χ3n) is 7.04. The molecule has 0 aliphatic carbocycles. The molecule has 3 heterocycles. The van der Waals surface area contributed by atoms with Gasteiger partial charge in [0.15, 0.2) is 5.75 Å². The molecule has 6 nitrogen and oxygen atoms in total. The summed E-state index contributed by atoms with van der Waals surface area (Å²) in [5.74, 6) is -0.0923. The van der Waals surface area contributed by atoms with Gasteiger partial charge < -0.3 is 9.67 Å². The van der Waals surface area contributed by atoms with E-state index in [9.17, 15) is 9.90 Å². The van der Waals surface area contributed by atoms with Gasteiger partial charge in [-0.15, -0.1) is 0 Å². The van der Waals surface area contributed by atoms with Gasteiger partial charge in [0.1, 0.15) is 0 Å². The van der Waals surface area contributed by atoms with Gasteiger partial charge in [-0.2, -0.15) is 0 Å². The monoisotopic (exact) mass is 450 g/mol. The average Bonchev–Trinajstić information content (AvgIpc) is 3.11. The number of aromatic nitrogens is 1. The Morgan fingerprint density at radius 3 is 2.18 bits per heavy atom. The largest absolute Gasteiger partial charge is 0.503 e. The number of benzene rings is 1. The molecule has 4 rings (SSSR count). The molecule has 1 N–H and O–H groups in total. The fraction of sp³-hybridized carbons (Fsp3) is 0.519. The van der Waals surface area contributed by atoms with E-state index < -0.39 is 0 Å². The molecule has 0 radical (unpaired) electrons. The molecule has 2 fully saturated rings. The maximum atomic E-state index is 12.5. The van der Waals surface area contributed by atoms with Crippen molar-refractivity contribution in [3.8, 4) is 5.75 Å². The van der Waals surface area contributed by atoms with Crippen molar-refractivity contribution >= 4 is 6.08 Å². The molecule has 178 valence electrons. The first-order valence-electron chi connectivity index (χ1n) is 12.4. The Morgan fingerprint density at radius 1 is 0.848 bits per heavy atom. The Hall–Kier alpha value is -2.41. The van der Waals surface area contributed by atoms with Crippen LogP contribution >= 0.6 is 0 Å². The zero-order chi connectivity index (χ0) is 23.0. The van der Waals surface area contributed by atoms with Crippen LogP contribution in [0.2, 0.25) is 0 Å². The summed E-state index contributed by atoms with van der Waals surface area (Å²) in [5, 5.41) is 10.6. The third-order valence-corrected chi connectivity index (χ3v) is 7.04. The number of nitrogens with zero attached hydrogens (tertiary/aromatic N) is 4. The van der Waals surface area contributed by atoms with E-state index in [2.05, 4.69) is 55.7 Å². The highest BCUT2D eigenvalue weighted by atomic mass is 16.3. The van der Waals surface area contributed by atoms with Gasteiger partial charge in [0, 0.05) is 64.6 Å². The van der Waals surface area contributed by atoms with Gasteiger partial charge in [0.05, 0.1) is 5.69 Å². The van der Waals surface area contributed by atoms with Gasteiger partial charge in [-0.05, 0) is 31.5 Å². The summed E-state index contributed by atoms with van der Waals surface area (Å²) in [4.78, 5) is 19.8. The number of likely N-dealkylation sites (tertiary alicyclic amines) is 1. The zero-order valence-electron chi connectivity index (χ0n) is 20.0. The fourth-order valence-electron chi connectivity index (χ4n) is 4.89. The number of piperazine rings is 1. The first kappa shape index (κ1) is 23.7. The molecule has 2 aromatic rings. The van der Waals surface area contributed by atoms with Crippen LogP contribution < -0.4 is 5.43 Å². The second-order valence-corrected chi connectivity index (χ2v) is 9.43. The summed E-state index contributed by atoms with van der Waals surface area (Å²) in [7, 11) is 1.99. The molecule has 0 atom stereocenters. The Bertz CT molecular complexity index is 970. The topological polar surface area (TPSA) is 52.0 Å². The molecule has 1 aromatic heterocycles. The molecule has 6 heteroatoms. The van der Waals surface area contributed by atoms with Gasteiger partial charge in [-0.1, -0.05) is 55.3 Å². The normalized spacial score (nSPS) is 19.2. The highest BCUT2D eigenvalue weighted by Gasteiger charge is 2.21. The van der Waals surface area contributed by atoms with Gasteiger partial charge in [-0.25, -0.2) is 0 Å². The predicted molar refractivity (Wildman–Crippen MR) is 134 cm³/mol. The highest BCUT2D eigenvalue weighted by molar-refractivity contribution is 5.48. The van der Waals surface area contributed by atoms with Crippen molar-refractivity contribution in [3.63, 3.8) is 0 Å². The summed E-state index contributed by atoms with van der Waals surface area (Å²) in [6.07, 6.45) is 9.45. The lowest BCUT2D eigenvalue weighted by atomic mass is 10.2. The van der Waals surface area contributed by atoms with E-state index in [1.54, 1.807) is 6.07 Å². The van der Waals surface area contributed by atoms with Crippen molar-refractivity contribution in [3.05, 3.63) is 69.6 Å². The second-order valence-electron chi connectivity index (χ2n) is 9.43. The molecule has 0 saturated carbocycles. The summed E-state index contributed by atoms with van der Waals surface area (Å²) in [6, 6.07) is 12.0. The Labute approximate surface area is 197 Å². The van der Waals surface area contributed by atoms with Gasteiger partial charge in [-0.3, -0.25) is 19.5 Å². The quantitative estimate of drug-likeness (QED) is 0.702. The number of hydrogen-bond donors (Lipinski definition) is 1. The first-order valence-corrected chi connectivity index (χ1v) is 12.4. The van der Waals surface area contributed by atoms with Crippen LogP contribution in [0.25, 0.3) is 6.08 Å². The second kappa shape index (κ2) is 11.6. The van der Waals surface area contributed by atoms with E-state index in [0.29, 0.717) is 6.54 Å². The average molecular weight is 451 g/mol. The molecule has 0 bridgehead atoms. The number of hydrogen-bond acceptors (Lipinski definition) is 5. The molecule has 0 amide bonds. The van der Waals surface area contributed by atoms with E-state index in [4.69, 9.17) is 0 Å². The van der Waals surface area contributed by atoms with Crippen molar-refractivity contribution < 1.29 is 5.11 Å². The van der Waals surface area contributed by atoms with Crippen LogP contribution in [0.1, 0.15) is 42.6 Å². The summed E-state index contributed by atoms with van der Waals surface area (Å²) in [5.41, 5.74) is 2.72. The van der Waals surface area contributed by atoms with Gasteiger partial charge in [0.2, 0.25) is 5.43 Å². The molecule has 2 saturated heterocycles. The molecule has 1 aromatic carbocycles. The van der Waals surface area contributed by atoms with Crippen LogP contribution in [0, 0.1) is 0 Å². The Morgan fingerprint density at radius 2 is 1.48 bits per heavy atom. The minimum atomic E-state index is -0.252. The Balaban J connectivity index is 1.34. The minimum absolute atomic E-state index is 0.0923. The molecule has 2 aliphatic rings. The van der Waals surface area contributed by atoms with Crippen molar-refractivity contribution in [2.24, 2.45) is 7.05 Å². The first-order chi connectivity index (χ1) is 16.1. The lowest BCUT2D eigenvalue weighted by Gasteiger charge is -2.34. The number of aromatic hydroxyl groups is 1. The number of pyridine rings is 1. The molecular weight excluding hydrogens is 412 g/mol. The van der Waals surface area contributed by atoms with Crippen LogP contribution in [-0.4, -0.2) is 70.2 Å². The standard InChI is InChI=1S/C27H38N4O2/c1-28-24(21-30-13-7-2-3-8-14-30)20-26(32)27(33)25(28)22-31-18-16-29(17-19-31)15-9-12-23-10-5-4-6-11-23/h4-6,9-12,20,33H,2-3,7-8,13-19,21-22H2,1H3. The lowest BCUT2D eigenvalue weighted by molar-refractivity contribution is 0.133. The maximum absolute atomic E-state index is 12.5. The predicted octanol–water partition coefficient (Wildman–Crippen LogP) is 3.30. The van der Waals surface area contributed by atoms with E-state index in [0.717, 1.165) is 63.7 Å². The molecular formula is C27H38N4O2. The summed E-state index contributed by atoms with van der Waals surface area (Å²) in [6.45, 7) is 8.35. The fourth-order valence-corrected chi connectivity index (χ4v) is 4.89. The summed E-state index contributed by atoms with van der Waals surface area (Å²) < 4.78 is 2.05. The molecule has 0 spiro atoms. The van der Waals surface area contributed by atoms with Crippen LogP contribution in [0.5, 0.6) is 5.75 Å². The maximum Gasteiger partial charge on any atom is 0.223 e. The van der Waals surface area contributed by atoms with E-state index in [1.165, 1.54) is 31.2 Å². The van der Waals surface area contributed by atoms with E-state index in [1.807, 2.05) is 13.1 Å². The van der Waals surface area contributed by atoms with Crippen molar-refractivity contribution in [1.29, 1.82) is 0 Å². The van der Waals surface area contributed by atoms with Crippen LogP contribution in [-0.2, 0) is 20.1 Å². The third kappa shape index (κ3) is 6.56. The summed E-state index contributed by atoms with van der Waals surface area (Å²) >= 11 is 0.